The SMILES string of the molecule is Cc1ccc(-n2[nH][n+]3c(c(C)nc4ccccc43)c2=O)cc1Cl. The molecule has 2 aromatic carbocycles. The summed E-state index contributed by atoms with van der Waals surface area (Å²) in [6.07, 6.45) is 0. The molecule has 2 aromatic heterocycles. The molecule has 114 valence electrons. The van der Waals surface area contributed by atoms with E-state index in [0.29, 0.717) is 21.9 Å². The van der Waals surface area contributed by atoms with Crippen LogP contribution in [-0.2, 0) is 0 Å². The number of hydrogen-bond donors (Lipinski definition) is 1. The minimum Gasteiger partial charge on any atom is -0.244 e. The Labute approximate surface area is 136 Å². The van der Waals surface area contributed by atoms with Gasteiger partial charge in [-0.05, 0) is 37.6 Å². The van der Waals surface area contributed by atoms with Crippen LogP contribution in [0.5, 0.6) is 0 Å². The molecule has 0 fully saturated rings. The molecule has 0 spiro atoms. The maximum atomic E-state index is 12.8. The summed E-state index contributed by atoms with van der Waals surface area (Å²) < 4.78 is 3.26. The lowest BCUT2D eigenvalue weighted by atomic mass is 10.2. The zero-order valence-electron chi connectivity index (χ0n) is 12.7. The van der Waals surface area contributed by atoms with Crippen molar-refractivity contribution in [3.63, 3.8) is 0 Å². The van der Waals surface area contributed by atoms with Crippen molar-refractivity contribution in [1.29, 1.82) is 0 Å². The normalized spacial score (nSPS) is 11.4. The van der Waals surface area contributed by atoms with E-state index >= 15 is 0 Å². The van der Waals surface area contributed by atoms with Gasteiger partial charge in [-0.25, -0.2) is 9.78 Å². The zero-order chi connectivity index (χ0) is 16.1. The number of aromatic amines is 1. The Kier molecular flexibility index (Phi) is 2.99. The highest BCUT2D eigenvalue weighted by Crippen LogP contribution is 2.18. The largest absolute Gasteiger partial charge is 0.408 e. The molecule has 0 unspecified atom stereocenters. The van der Waals surface area contributed by atoms with Gasteiger partial charge in [-0.3, -0.25) is 0 Å². The van der Waals surface area contributed by atoms with Crippen LogP contribution in [0.3, 0.4) is 0 Å². The summed E-state index contributed by atoms with van der Waals surface area (Å²) in [6, 6.07) is 13.2. The van der Waals surface area contributed by atoms with Crippen molar-refractivity contribution in [2.45, 2.75) is 13.8 Å². The number of aryl methyl sites for hydroxylation is 2. The number of H-pyrrole nitrogens is 1. The number of benzene rings is 2. The molecule has 0 saturated heterocycles. The second-order valence-corrected chi connectivity index (χ2v) is 5.95. The van der Waals surface area contributed by atoms with Crippen LogP contribution >= 0.6 is 11.6 Å². The van der Waals surface area contributed by atoms with Gasteiger partial charge >= 0.3 is 5.56 Å². The highest BCUT2D eigenvalue weighted by Gasteiger charge is 2.22. The Morgan fingerprint density at radius 3 is 2.74 bits per heavy atom. The van der Waals surface area contributed by atoms with Gasteiger partial charge in [-0.1, -0.05) is 39.7 Å². The summed E-state index contributed by atoms with van der Waals surface area (Å²) in [6.45, 7) is 3.76. The van der Waals surface area contributed by atoms with Crippen LogP contribution in [0.15, 0.2) is 47.3 Å². The minimum absolute atomic E-state index is 0.152. The first-order valence-corrected chi connectivity index (χ1v) is 7.63. The summed E-state index contributed by atoms with van der Waals surface area (Å²) in [7, 11) is 0. The summed E-state index contributed by atoms with van der Waals surface area (Å²) in [5.74, 6) is 0. The average Bonchev–Trinajstić information content (AvgIpc) is 2.89. The van der Waals surface area contributed by atoms with Gasteiger partial charge in [0.05, 0.1) is 5.69 Å². The highest BCUT2D eigenvalue weighted by atomic mass is 35.5. The fraction of sp³-hybridized carbons (Fsp3) is 0.118. The van der Waals surface area contributed by atoms with E-state index < -0.39 is 0 Å². The van der Waals surface area contributed by atoms with Crippen LogP contribution in [0, 0.1) is 13.8 Å². The van der Waals surface area contributed by atoms with Crippen LogP contribution < -0.4 is 10.1 Å². The highest BCUT2D eigenvalue weighted by molar-refractivity contribution is 6.31. The summed E-state index contributed by atoms with van der Waals surface area (Å²) in [5, 5.41) is 3.76. The molecule has 0 bridgehead atoms. The summed E-state index contributed by atoms with van der Waals surface area (Å²) in [5.41, 5.74) is 4.40. The number of halogens is 1. The number of para-hydroxylation sites is 2. The predicted molar refractivity (Wildman–Crippen MR) is 89.3 cm³/mol. The van der Waals surface area contributed by atoms with Gasteiger partial charge in [0.25, 0.3) is 5.52 Å². The third-order valence-corrected chi connectivity index (χ3v) is 4.40. The second-order valence-electron chi connectivity index (χ2n) is 5.54. The van der Waals surface area contributed by atoms with Crippen molar-refractivity contribution in [2.24, 2.45) is 0 Å². The Balaban J connectivity index is 2.11. The van der Waals surface area contributed by atoms with E-state index in [1.807, 2.05) is 50.2 Å². The van der Waals surface area contributed by atoms with E-state index in [0.717, 1.165) is 16.6 Å². The van der Waals surface area contributed by atoms with E-state index in [4.69, 9.17) is 11.6 Å². The Hall–Kier alpha value is -2.66. The lowest BCUT2D eigenvalue weighted by Gasteiger charge is -1.98. The molecule has 4 aromatic rings. The van der Waals surface area contributed by atoms with Gasteiger partial charge in [-0.2, -0.15) is 0 Å². The number of aromatic nitrogens is 4. The van der Waals surface area contributed by atoms with Crippen LogP contribution in [-0.4, -0.2) is 14.9 Å². The van der Waals surface area contributed by atoms with Gasteiger partial charge in [-0.15, -0.1) is 4.52 Å². The Morgan fingerprint density at radius 1 is 1.17 bits per heavy atom. The molecule has 23 heavy (non-hydrogen) atoms. The van der Waals surface area contributed by atoms with Crippen molar-refractivity contribution in [1.82, 2.24) is 14.9 Å². The first kappa shape index (κ1) is 14.0. The van der Waals surface area contributed by atoms with Gasteiger partial charge in [0.2, 0.25) is 0 Å². The fourth-order valence-corrected chi connectivity index (χ4v) is 2.94. The first-order chi connectivity index (χ1) is 11.1. The monoisotopic (exact) mass is 325 g/mol. The number of nitrogens with zero attached hydrogens (tertiary/aromatic N) is 3. The topological polar surface area (TPSA) is 54.8 Å². The molecule has 5 nitrogen and oxygen atoms in total. The molecule has 0 radical (unpaired) electrons. The molecule has 0 amide bonds. The molecule has 1 N–H and O–H groups in total. The first-order valence-electron chi connectivity index (χ1n) is 7.25. The smallest absolute Gasteiger partial charge is 0.244 e. The van der Waals surface area contributed by atoms with Gasteiger partial charge in [0, 0.05) is 11.1 Å². The van der Waals surface area contributed by atoms with Crippen molar-refractivity contribution in [2.75, 3.05) is 0 Å². The molecule has 0 saturated carbocycles. The van der Waals surface area contributed by atoms with Crippen molar-refractivity contribution in [3.8, 4) is 5.69 Å². The van der Waals surface area contributed by atoms with Crippen LogP contribution in [0.4, 0.5) is 0 Å². The number of nitrogens with one attached hydrogen (secondary N) is 1. The fourth-order valence-electron chi connectivity index (χ4n) is 2.77. The minimum atomic E-state index is -0.152. The maximum absolute atomic E-state index is 12.8. The molecular formula is C17H14ClN4O+. The number of hydrogen-bond acceptors (Lipinski definition) is 2. The van der Waals surface area contributed by atoms with Crippen LogP contribution in [0.1, 0.15) is 11.3 Å². The number of fused-ring (bicyclic) bond motifs is 3. The van der Waals surface area contributed by atoms with E-state index in [9.17, 15) is 4.79 Å². The van der Waals surface area contributed by atoms with Gasteiger partial charge in [0.15, 0.2) is 11.2 Å². The van der Waals surface area contributed by atoms with Gasteiger partial charge < -0.3 is 0 Å². The second kappa shape index (κ2) is 4.93. The average molecular weight is 326 g/mol. The lowest BCUT2D eigenvalue weighted by Crippen LogP contribution is -2.27. The van der Waals surface area contributed by atoms with E-state index in [-0.39, 0.29) is 5.56 Å². The van der Waals surface area contributed by atoms with Crippen molar-refractivity contribution in [3.05, 3.63) is 69.1 Å². The van der Waals surface area contributed by atoms with Crippen molar-refractivity contribution >= 4 is 28.2 Å². The molecule has 0 aliphatic carbocycles. The molecular weight excluding hydrogens is 312 g/mol. The predicted octanol–water partition coefficient (Wildman–Crippen LogP) is 2.72. The molecule has 0 aliphatic rings. The Morgan fingerprint density at radius 2 is 1.96 bits per heavy atom. The lowest BCUT2D eigenvalue weighted by molar-refractivity contribution is -0.556. The molecule has 0 atom stereocenters. The van der Waals surface area contributed by atoms with Gasteiger partial charge in [0.1, 0.15) is 5.52 Å². The third kappa shape index (κ3) is 2.04. The standard InChI is InChI=1S/C17H13ClN4O/c1-10-7-8-12(9-13(10)18)21-17(23)16-11(2)19-14-5-3-4-6-15(14)22(16)20-21/h3-9H,1-2H3/p+1. The number of rotatable bonds is 1. The van der Waals surface area contributed by atoms with Crippen LogP contribution in [0.2, 0.25) is 5.02 Å². The van der Waals surface area contributed by atoms with E-state index in [1.165, 1.54) is 4.68 Å². The maximum Gasteiger partial charge on any atom is 0.408 e. The van der Waals surface area contributed by atoms with E-state index in [2.05, 4.69) is 10.2 Å². The molecule has 2 heterocycles. The summed E-state index contributed by atoms with van der Waals surface area (Å²) in [4.78, 5) is 17.3. The summed E-state index contributed by atoms with van der Waals surface area (Å²) >= 11 is 6.19. The zero-order valence-corrected chi connectivity index (χ0v) is 13.4. The van der Waals surface area contributed by atoms with Crippen LogP contribution in [0.25, 0.3) is 22.2 Å². The quantitative estimate of drug-likeness (QED) is 0.547. The molecule has 6 heteroatoms. The molecule has 0 aliphatic heterocycles. The van der Waals surface area contributed by atoms with Crippen molar-refractivity contribution < 1.29 is 4.52 Å². The third-order valence-electron chi connectivity index (χ3n) is 4.00. The molecule has 4 rings (SSSR count). The van der Waals surface area contributed by atoms with E-state index in [1.54, 1.807) is 10.6 Å². The Bertz CT molecular complexity index is 1130.